The molecule has 0 aliphatic heterocycles. The highest BCUT2D eigenvalue weighted by molar-refractivity contribution is 5.83. The van der Waals surface area contributed by atoms with Gasteiger partial charge in [0.05, 0.1) is 0 Å². The van der Waals surface area contributed by atoms with Gasteiger partial charge in [0.2, 0.25) is 0 Å². The number of ketones is 1. The Hall–Kier alpha value is -1.11. The fourth-order valence-corrected chi connectivity index (χ4v) is 1.88. The third-order valence-electron chi connectivity index (χ3n) is 2.74. The molecule has 1 aromatic carbocycles. The van der Waals surface area contributed by atoms with Crippen LogP contribution in [-0.4, -0.2) is 5.78 Å². The first-order valence-electron chi connectivity index (χ1n) is 4.92. The van der Waals surface area contributed by atoms with Crippen molar-refractivity contribution in [1.82, 2.24) is 0 Å². The minimum Gasteiger partial charge on any atom is -0.299 e. The second-order valence-electron chi connectivity index (χ2n) is 3.67. The third kappa shape index (κ3) is 1.64. The molecule has 0 amide bonds. The standard InChI is InChI=1S/C12H14O/c1-2-9-3-4-11-8-12(13)6-5-10(11)7-9/h3-4,7H,2,5-6,8H2,1H3. The van der Waals surface area contributed by atoms with Crippen LogP contribution < -0.4 is 0 Å². The largest absolute Gasteiger partial charge is 0.299 e. The molecule has 0 aromatic heterocycles. The van der Waals surface area contributed by atoms with Crippen LogP contribution in [0.5, 0.6) is 0 Å². The molecule has 0 saturated carbocycles. The molecule has 13 heavy (non-hydrogen) atoms. The lowest BCUT2D eigenvalue weighted by Gasteiger charge is -2.15. The minimum absolute atomic E-state index is 0.386. The second kappa shape index (κ2) is 3.33. The summed E-state index contributed by atoms with van der Waals surface area (Å²) in [7, 11) is 0. The lowest BCUT2D eigenvalue weighted by Crippen LogP contribution is -2.13. The zero-order chi connectivity index (χ0) is 9.26. The topological polar surface area (TPSA) is 17.1 Å². The zero-order valence-corrected chi connectivity index (χ0v) is 7.97. The van der Waals surface area contributed by atoms with Crippen LogP contribution in [0.25, 0.3) is 0 Å². The van der Waals surface area contributed by atoms with Crippen LogP contribution in [-0.2, 0) is 24.1 Å². The Morgan fingerprint density at radius 2 is 2.08 bits per heavy atom. The van der Waals surface area contributed by atoms with E-state index in [9.17, 15) is 4.79 Å². The molecule has 1 aliphatic carbocycles. The molecule has 0 atom stereocenters. The first kappa shape index (κ1) is 8.49. The molecule has 68 valence electrons. The van der Waals surface area contributed by atoms with E-state index in [4.69, 9.17) is 0 Å². The number of Topliss-reactive ketones (excluding diaryl/α,β-unsaturated/α-hetero) is 1. The molecule has 0 saturated heterocycles. The molecule has 0 spiro atoms. The van der Waals surface area contributed by atoms with Crippen LogP contribution in [0.2, 0.25) is 0 Å². The molecule has 0 fully saturated rings. The van der Waals surface area contributed by atoms with Gasteiger partial charge in [-0.3, -0.25) is 4.79 Å². The van der Waals surface area contributed by atoms with Gasteiger partial charge in [0.15, 0.2) is 0 Å². The number of carbonyl (C=O) groups is 1. The van der Waals surface area contributed by atoms with Crippen LogP contribution >= 0.6 is 0 Å². The van der Waals surface area contributed by atoms with E-state index in [0.717, 1.165) is 19.3 Å². The van der Waals surface area contributed by atoms with Crippen LogP contribution in [0.4, 0.5) is 0 Å². The molecular formula is C12H14O. The average Bonchev–Trinajstić information content (AvgIpc) is 2.17. The van der Waals surface area contributed by atoms with Crippen molar-refractivity contribution in [3.05, 3.63) is 34.9 Å². The van der Waals surface area contributed by atoms with Crippen LogP contribution in [0.3, 0.4) is 0 Å². The highest BCUT2D eigenvalue weighted by Gasteiger charge is 2.14. The van der Waals surface area contributed by atoms with Gasteiger partial charge in [-0.2, -0.15) is 0 Å². The minimum atomic E-state index is 0.386. The number of aryl methyl sites for hydroxylation is 2. The van der Waals surface area contributed by atoms with E-state index in [1.807, 2.05) is 0 Å². The molecule has 0 unspecified atom stereocenters. The summed E-state index contributed by atoms with van der Waals surface area (Å²) < 4.78 is 0. The van der Waals surface area contributed by atoms with Gasteiger partial charge in [-0.25, -0.2) is 0 Å². The Balaban J connectivity index is 2.36. The molecular weight excluding hydrogens is 160 g/mol. The summed E-state index contributed by atoms with van der Waals surface area (Å²) >= 11 is 0. The maximum atomic E-state index is 11.2. The van der Waals surface area contributed by atoms with Crippen molar-refractivity contribution in [2.75, 3.05) is 0 Å². The van der Waals surface area contributed by atoms with Crippen molar-refractivity contribution in [1.29, 1.82) is 0 Å². The van der Waals surface area contributed by atoms with Crippen molar-refractivity contribution in [3.63, 3.8) is 0 Å². The number of hydrogen-bond acceptors (Lipinski definition) is 1. The van der Waals surface area contributed by atoms with E-state index in [1.165, 1.54) is 16.7 Å². The molecule has 2 rings (SSSR count). The van der Waals surface area contributed by atoms with Crippen molar-refractivity contribution in [2.24, 2.45) is 0 Å². The van der Waals surface area contributed by atoms with Gasteiger partial charge in [-0.1, -0.05) is 25.1 Å². The predicted molar refractivity (Wildman–Crippen MR) is 52.9 cm³/mol. The van der Waals surface area contributed by atoms with E-state index in [2.05, 4.69) is 25.1 Å². The molecule has 1 heteroatoms. The zero-order valence-electron chi connectivity index (χ0n) is 7.97. The summed E-state index contributed by atoms with van der Waals surface area (Å²) in [6, 6.07) is 6.50. The van der Waals surface area contributed by atoms with Gasteiger partial charge in [0.1, 0.15) is 5.78 Å². The quantitative estimate of drug-likeness (QED) is 0.638. The smallest absolute Gasteiger partial charge is 0.137 e. The first-order valence-corrected chi connectivity index (χ1v) is 4.92. The van der Waals surface area contributed by atoms with Crippen molar-refractivity contribution >= 4 is 5.78 Å². The Morgan fingerprint density at radius 1 is 1.23 bits per heavy atom. The highest BCUT2D eigenvalue weighted by Crippen LogP contribution is 2.20. The number of rotatable bonds is 1. The summed E-state index contributed by atoms with van der Waals surface area (Å²) in [5.74, 6) is 0.386. The fraction of sp³-hybridized carbons (Fsp3) is 0.417. The van der Waals surface area contributed by atoms with Crippen LogP contribution in [0.15, 0.2) is 18.2 Å². The molecule has 1 nitrogen and oxygen atoms in total. The van der Waals surface area contributed by atoms with E-state index in [1.54, 1.807) is 0 Å². The van der Waals surface area contributed by atoms with Gasteiger partial charge in [0, 0.05) is 12.8 Å². The Morgan fingerprint density at radius 3 is 2.85 bits per heavy atom. The van der Waals surface area contributed by atoms with Gasteiger partial charge in [0.25, 0.3) is 0 Å². The predicted octanol–water partition coefficient (Wildman–Crippen LogP) is 2.31. The number of benzene rings is 1. The van der Waals surface area contributed by atoms with E-state index < -0.39 is 0 Å². The van der Waals surface area contributed by atoms with Gasteiger partial charge in [-0.15, -0.1) is 0 Å². The molecule has 0 radical (unpaired) electrons. The van der Waals surface area contributed by atoms with Crippen molar-refractivity contribution in [2.45, 2.75) is 32.6 Å². The van der Waals surface area contributed by atoms with Gasteiger partial charge >= 0.3 is 0 Å². The van der Waals surface area contributed by atoms with Gasteiger partial charge in [-0.05, 0) is 29.5 Å². The molecule has 0 heterocycles. The Labute approximate surface area is 78.8 Å². The second-order valence-corrected chi connectivity index (χ2v) is 3.67. The summed E-state index contributed by atoms with van der Waals surface area (Å²) in [5, 5.41) is 0. The van der Waals surface area contributed by atoms with Crippen molar-refractivity contribution < 1.29 is 4.79 Å². The maximum Gasteiger partial charge on any atom is 0.137 e. The average molecular weight is 174 g/mol. The van der Waals surface area contributed by atoms with Crippen LogP contribution in [0, 0.1) is 0 Å². The number of hydrogen-bond donors (Lipinski definition) is 0. The SMILES string of the molecule is CCc1ccc2c(c1)CCC(=O)C2. The Bertz CT molecular complexity index is 339. The van der Waals surface area contributed by atoms with Gasteiger partial charge < -0.3 is 0 Å². The summed E-state index contributed by atoms with van der Waals surface area (Å²) in [5.41, 5.74) is 4.01. The number of carbonyl (C=O) groups excluding carboxylic acids is 1. The monoisotopic (exact) mass is 174 g/mol. The molecule has 1 aliphatic rings. The Kier molecular flexibility index (Phi) is 2.17. The van der Waals surface area contributed by atoms with E-state index in [-0.39, 0.29) is 0 Å². The third-order valence-corrected chi connectivity index (χ3v) is 2.74. The van der Waals surface area contributed by atoms with E-state index in [0.29, 0.717) is 12.2 Å². The summed E-state index contributed by atoms with van der Waals surface area (Å²) in [6.45, 7) is 2.16. The summed E-state index contributed by atoms with van der Waals surface area (Å²) in [6.07, 6.45) is 3.42. The first-order chi connectivity index (χ1) is 6.29. The fourth-order valence-electron chi connectivity index (χ4n) is 1.88. The maximum absolute atomic E-state index is 11.2. The normalized spacial score (nSPS) is 15.6. The van der Waals surface area contributed by atoms with Crippen LogP contribution in [0.1, 0.15) is 30.0 Å². The van der Waals surface area contributed by atoms with E-state index >= 15 is 0 Å². The lowest BCUT2D eigenvalue weighted by atomic mass is 9.89. The molecule has 0 N–H and O–H groups in total. The lowest BCUT2D eigenvalue weighted by molar-refractivity contribution is -0.118. The number of fused-ring (bicyclic) bond motifs is 1. The summed E-state index contributed by atoms with van der Waals surface area (Å²) in [4.78, 5) is 11.2. The van der Waals surface area contributed by atoms with Crippen molar-refractivity contribution in [3.8, 4) is 0 Å². The highest BCUT2D eigenvalue weighted by atomic mass is 16.1. The molecule has 0 bridgehead atoms. The molecule has 1 aromatic rings.